The Bertz CT molecular complexity index is 1210. The summed E-state index contributed by atoms with van der Waals surface area (Å²) in [7, 11) is 0. The Morgan fingerprint density at radius 2 is 1.84 bits per heavy atom. The highest BCUT2D eigenvalue weighted by atomic mass is 19.1. The summed E-state index contributed by atoms with van der Waals surface area (Å²) in [5.74, 6) is -0.512. The summed E-state index contributed by atoms with van der Waals surface area (Å²) in [5.41, 5.74) is 1.00. The number of carbonyl (C=O) groups is 3. The van der Waals surface area contributed by atoms with Crippen LogP contribution in [0.15, 0.2) is 24.4 Å². The zero-order chi connectivity index (χ0) is 27.2. The lowest BCUT2D eigenvalue weighted by atomic mass is 9.83. The molecule has 0 bridgehead atoms. The minimum Gasteiger partial charge on any atom is -0.444 e. The molecule has 1 aromatic carbocycles. The zero-order valence-electron chi connectivity index (χ0n) is 22.8. The van der Waals surface area contributed by atoms with Gasteiger partial charge in [0.15, 0.2) is 0 Å². The van der Waals surface area contributed by atoms with E-state index in [1.807, 2.05) is 36.8 Å². The molecule has 2 aliphatic heterocycles. The molecule has 8 nitrogen and oxygen atoms in total. The first kappa shape index (κ1) is 26.5. The van der Waals surface area contributed by atoms with Crippen molar-refractivity contribution in [3.05, 3.63) is 35.8 Å². The molecule has 0 unspecified atom stereocenters. The highest BCUT2D eigenvalue weighted by Gasteiger charge is 2.53. The van der Waals surface area contributed by atoms with Crippen LogP contribution in [0.25, 0.3) is 10.9 Å². The van der Waals surface area contributed by atoms with Gasteiger partial charge in [0, 0.05) is 43.0 Å². The molecule has 2 saturated heterocycles. The first-order valence-electron chi connectivity index (χ1n) is 13.9. The normalized spacial score (nSPS) is 24.9. The largest absolute Gasteiger partial charge is 0.444 e. The lowest BCUT2D eigenvalue weighted by Gasteiger charge is -2.36. The van der Waals surface area contributed by atoms with E-state index in [2.05, 4.69) is 10.3 Å². The minimum atomic E-state index is -0.673. The number of aromatic amines is 1. The van der Waals surface area contributed by atoms with E-state index < -0.39 is 17.7 Å². The fourth-order valence-corrected chi connectivity index (χ4v) is 6.87. The maximum atomic E-state index is 14.3. The number of benzene rings is 1. The van der Waals surface area contributed by atoms with E-state index >= 15 is 0 Å². The van der Waals surface area contributed by atoms with Crippen LogP contribution < -0.4 is 5.32 Å². The van der Waals surface area contributed by atoms with Gasteiger partial charge in [0.05, 0.1) is 12.1 Å². The van der Waals surface area contributed by atoms with Crippen molar-refractivity contribution in [2.24, 2.45) is 5.92 Å². The molecule has 3 heterocycles. The van der Waals surface area contributed by atoms with Gasteiger partial charge in [-0.25, -0.2) is 9.18 Å². The van der Waals surface area contributed by atoms with Crippen molar-refractivity contribution in [1.29, 1.82) is 0 Å². The van der Waals surface area contributed by atoms with Crippen molar-refractivity contribution >= 4 is 28.8 Å². The van der Waals surface area contributed by atoms with E-state index in [1.54, 1.807) is 13.0 Å². The first-order chi connectivity index (χ1) is 18.0. The average molecular weight is 527 g/mol. The van der Waals surface area contributed by atoms with Crippen molar-refractivity contribution in [3.8, 4) is 0 Å². The number of nitrogens with one attached hydrogen (secondary N) is 2. The topological polar surface area (TPSA) is 94.7 Å². The molecule has 3 fully saturated rings. The van der Waals surface area contributed by atoms with Gasteiger partial charge >= 0.3 is 6.09 Å². The molecule has 38 heavy (non-hydrogen) atoms. The van der Waals surface area contributed by atoms with Crippen LogP contribution in [-0.4, -0.2) is 69.5 Å². The van der Waals surface area contributed by atoms with Gasteiger partial charge in [0.2, 0.25) is 11.8 Å². The van der Waals surface area contributed by atoms with Crippen LogP contribution in [0.5, 0.6) is 0 Å². The maximum absolute atomic E-state index is 14.3. The molecule has 2 aromatic rings. The number of amides is 3. The summed E-state index contributed by atoms with van der Waals surface area (Å²) in [6.45, 7) is 8.01. The number of hydrogen-bond donors (Lipinski definition) is 2. The molecule has 9 heteroatoms. The third-order valence-electron chi connectivity index (χ3n) is 8.45. The molecule has 4 atom stereocenters. The lowest BCUT2D eigenvalue weighted by Crippen LogP contribution is -2.55. The Morgan fingerprint density at radius 1 is 1.11 bits per heavy atom. The number of halogens is 1. The summed E-state index contributed by atoms with van der Waals surface area (Å²) < 4.78 is 19.4. The van der Waals surface area contributed by atoms with Gasteiger partial charge in [-0.1, -0.05) is 19.3 Å². The number of fused-ring (bicyclic) bond motifs is 2. The SMILES string of the molecule is CC(=O)N1C[C@H](c2c[nH]c3cc(F)ccc23)[C@@H]2[C@H]1CCN2C(=O)[C@@H](NC(=O)OC(C)(C)C)C1CCCCC1. The highest BCUT2D eigenvalue weighted by Crippen LogP contribution is 2.44. The molecular formula is C29H39FN4O4. The number of ether oxygens (including phenoxy) is 1. The quantitative estimate of drug-likeness (QED) is 0.604. The van der Waals surface area contributed by atoms with Crippen LogP contribution in [0, 0.1) is 11.7 Å². The number of alkyl carbamates (subject to hydrolysis) is 1. The Balaban J connectivity index is 1.47. The second-order valence-corrected chi connectivity index (χ2v) is 12.1. The Kier molecular flexibility index (Phi) is 7.13. The van der Waals surface area contributed by atoms with E-state index in [-0.39, 0.29) is 41.6 Å². The molecule has 0 spiro atoms. The second kappa shape index (κ2) is 10.2. The predicted octanol–water partition coefficient (Wildman–Crippen LogP) is 4.70. The first-order valence-corrected chi connectivity index (χ1v) is 13.9. The van der Waals surface area contributed by atoms with Gasteiger partial charge in [-0.3, -0.25) is 9.59 Å². The minimum absolute atomic E-state index is 0.0154. The number of likely N-dealkylation sites (tertiary alicyclic amines) is 2. The molecule has 1 saturated carbocycles. The highest BCUT2D eigenvalue weighted by molar-refractivity contribution is 5.88. The van der Waals surface area contributed by atoms with E-state index in [1.165, 1.54) is 12.1 Å². The van der Waals surface area contributed by atoms with Gasteiger partial charge in [0.25, 0.3) is 0 Å². The van der Waals surface area contributed by atoms with Crippen molar-refractivity contribution in [3.63, 3.8) is 0 Å². The predicted molar refractivity (Wildman–Crippen MR) is 142 cm³/mol. The summed E-state index contributed by atoms with van der Waals surface area (Å²) in [4.78, 5) is 46.7. The molecule has 3 aliphatic rings. The summed E-state index contributed by atoms with van der Waals surface area (Å²) >= 11 is 0. The fraction of sp³-hybridized carbons (Fsp3) is 0.621. The smallest absolute Gasteiger partial charge is 0.408 e. The number of hydrogen-bond acceptors (Lipinski definition) is 4. The van der Waals surface area contributed by atoms with Crippen LogP contribution in [0.1, 0.15) is 77.7 Å². The molecule has 1 aliphatic carbocycles. The maximum Gasteiger partial charge on any atom is 0.408 e. The van der Waals surface area contributed by atoms with Crippen molar-refractivity contribution in [1.82, 2.24) is 20.1 Å². The zero-order valence-corrected chi connectivity index (χ0v) is 22.8. The average Bonchev–Trinajstić information content (AvgIpc) is 3.55. The molecule has 1 aromatic heterocycles. The Labute approximate surface area is 223 Å². The van der Waals surface area contributed by atoms with Crippen LogP contribution >= 0.6 is 0 Å². The molecular weight excluding hydrogens is 487 g/mol. The number of nitrogens with zero attached hydrogens (tertiary/aromatic N) is 2. The lowest BCUT2D eigenvalue weighted by molar-refractivity contribution is -0.137. The van der Waals surface area contributed by atoms with Gasteiger partial charge < -0.3 is 24.8 Å². The Hall–Kier alpha value is -3.10. The van der Waals surface area contributed by atoms with Gasteiger partial charge in [-0.15, -0.1) is 0 Å². The standard InChI is InChI=1S/C29H39FN4O4/c1-17(35)34-16-22(21-15-31-23-14-19(30)10-11-20(21)23)26-24(34)12-13-33(26)27(36)25(18-8-6-5-7-9-18)32-28(37)38-29(2,3)4/h10-11,14-15,18,22,24-26,31H,5-9,12-13,16H2,1-4H3,(H,32,37)/t22-,24-,25+,26-/m1/s1. The van der Waals surface area contributed by atoms with Crippen LogP contribution in [0.2, 0.25) is 0 Å². The summed E-state index contributed by atoms with van der Waals surface area (Å²) in [5, 5.41) is 3.84. The van der Waals surface area contributed by atoms with Gasteiger partial charge in [0.1, 0.15) is 17.5 Å². The van der Waals surface area contributed by atoms with E-state index in [9.17, 15) is 18.8 Å². The number of aromatic nitrogens is 1. The number of carbonyl (C=O) groups excluding carboxylic acids is 3. The summed E-state index contributed by atoms with van der Waals surface area (Å²) in [6.07, 6.45) is 6.95. The third kappa shape index (κ3) is 5.12. The molecule has 2 N–H and O–H groups in total. The fourth-order valence-electron chi connectivity index (χ4n) is 6.87. The van der Waals surface area contributed by atoms with Gasteiger partial charge in [-0.05, 0) is 69.7 Å². The van der Waals surface area contributed by atoms with E-state index in [0.29, 0.717) is 25.0 Å². The number of H-pyrrole nitrogens is 1. The van der Waals surface area contributed by atoms with Crippen LogP contribution in [-0.2, 0) is 14.3 Å². The van der Waals surface area contributed by atoms with Gasteiger partial charge in [-0.2, -0.15) is 0 Å². The van der Waals surface area contributed by atoms with Crippen molar-refractivity contribution < 1.29 is 23.5 Å². The van der Waals surface area contributed by atoms with E-state index in [0.717, 1.165) is 43.1 Å². The monoisotopic (exact) mass is 526 g/mol. The van der Waals surface area contributed by atoms with Crippen molar-refractivity contribution in [2.45, 2.75) is 95.9 Å². The van der Waals surface area contributed by atoms with Crippen LogP contribution in [0.3, 0.4) is 0 Å². The molecule has 3 amide bonds. The molecule has 206 valence electrons. The second-order valence-electron chi connectivity index (χ2n) is 12.1. The summed E-state index contributed by atoms with van der Waals surface area (Å²) in [6, 6.07) is 3.68. The molecule has 5 rings (SSSR count). The van der Waals surface area contributed by atoms with E-state index in [4.69, 9.17) is 4.74 Å². The van der Waals surface area contributed by atoms with Crippen LogP contribution in [0.4, 0.5) is 9.18 Å². The number of rotatable bonds is 4. The molecule has 0 radical (unpaired) electrons. The third-order valence-corrected chi connectivity index (χ3v) is 8.45. The van der Waals surface area contributed by atoms with Crippen molar-refractivity contribution in [2.75, 3.05) is 13.1 Å². The Morgan fingerprint density at radius 3 is 2.53 bits per heavy atom.